The second-order valence-corrected chi connectivity index (χ2v) is 1.74. The maximum absolute atomic E-state index is 10.4. The average molecular weight is 109 g/mol. The van der Waals surface area contributed by atoms with Gasteiger partial charge in [-0.3, -0.25) is 0 Å². The molecule has 0 spiro atoms. The van der Waals surface area contributed by atoms with Crippen LogP contribution >= 0.6 is 0 Å². The van der Waals surface area contributed by atoms with Crippen molar-refractivity contribution >= 4 is 0 Å². The number of hydrogen-bond acceptors (Lipinski definition) is 1. The first kappa shape index (κ1) is 5.09. The van der Waals surface area contributed by atoms with Crippen molar-refractivity contribution in [2.75, 3.05) is 0 Å². The second-order valence-electron chi connectivity index (χ2n) is 1.74. The summed E-state index contributed by atoms with van der Waals surface area (Å²) in [6, 6.07) is 3.61. The molecule has 0 bridgehead atoms. The SMILES string of the molecule is Cc1ccc[n+]([O-])c1. The van der Waals surface area contributed by atoms with E-state index in [1.807, 2.05) is 13.0 Å². The third kappa shape index (κ3) is 0.964. The first-order valence-electron chi connectivity index (χ1n) is 2.44. The van der Waals surface area contributed by atoms with E-state index in [9.17, 15) is 5.21 Å². The smallest absolute Gasteiger partial charge is 0.183 e. The van der Waals surface area contributed by atoms with Crippen LogP contribution in [0, 0.1) is 12.1 Å². The number of hydrogen-bond donors (Lipinski definition) is 0. The van der Waals surface area contributed by atoms with Crippen LogP contribution in [0.4, 0.5) is 0 Å². The molecule has 0 saturated carbocycles. The van der Waals surface area contributed by atoms with Crippen LogP contribution in [0.2, 0.25) is 0 Å². The van der Waals surface area contributed by atoms with E-state index < -0.39 is 0 Å². The van der Waals surface area contributed by atoms with Gasteiger partial charge in [0.15, 0.2) is 12.4 Å². The molecule has 1 heterocycles. The van der Waals surface area contributed by atoms with Crippen molar-refractivity contribution in [1.82, 2.24) is 0 Å². The first-order valence-corrected chi connectivity index (χ1v) is 2.44. The lowest BCUT2D eigenvalue weighted by atomic mass is 10.3. The lowest BCUT2D eigenvalue weighted by Crippen LogP contribution is -2.23. The van der Waals surface area contributed by atoms with Crippen LogP contribution in [-0.4, -0.2) is 0 Å². The van der Waals surface area contributed by atoms with Crippen LogP contribution in [0.15, 0.2) is 24.5 Å². The number of aryl methyl sites for hydroxylation is 1. The molecule has 1 aromatic rings. The van der Waals surface area contributed by atoms with Gasteiger partial charge in [0, 0.05) is 11.6 Å². The maximum atomic E-state index is 10.4. The molecule has 0 radical (unpaired) electrons. The molecule has 0 aliphatic heterocycles. The monoisotopic (exact) mass is 109 g/mol. The van der Waals surface area contributed by atoms with Crippen LogP contribution in [0.5, 0.6) is 0 Å². The Kier molecular flexibility index (Phi) is 1.16. The minimum absolute atomic E-state index is 0.787. The van der Waals surface area contributed by atoms with Crippen molar-refractivity contribution in [2.45, 2.75) is 6.92 Å². The summed E-state index contributed by atoms with van der Waals surface area (Å²) in [7, 11) is 0. The zero-order valence-electron chi connectivity index (χ0n) is 4.66. The largest absolute Gasteiger partial charge is 0.619 e. The van der Waals surface area contributed by atoms with Gasteiger partial charge in [-0.1, -0.05) is 0 Å². The summed E-state index contributed by atoms with van der Waals surface area (Å²) in [4.78, 5) is 0. The van der Waals surface area contributed by atoms with E-state index in [4.69, 9.17) is 0 Å². The average Bonchev–Trinajstić information content (AvgIpc) is 1.64. The first-order chi connectivity index (χ1) is 3.79. The van der Waals surface area contributed by atoms with Gasteiger partial charge in [-0.15, -0.1) is 0 Å². The Balaban J connectivity index is 3.08. The van der Waals surface area contributed by atoms with Crippen molar-refractivity contribution in [3.8, 4) is 0 Å². The number of nitrogens with zero attached hydrogens (tertiary/aromatic N) is 1. The highest BCUT2D eigenvalue weighted by Gasteiger charge is 1.85. The lowest BCUT2D eigenvalue weighted by molar-refractivity contribution is -0.605. The number of pyridine rings is 1. The summed E-state index contributed by atoms with van der Waals surface area (Å²) in [5, 5.41) is 10.4. The highest BCUT2D eigenvalue weighted by molar-refractivity contribution is 5.01. The standard InChI is InChI=1S/C6H7NO/c1-6-3-2-4-7(8)5-6/h2-5H,1H3. The molecule has 2 heteroatoms. The van der Waals surface area contributed by atoms with Gasteiger partial charge in [0.2, 0.25) is 0 Å². The Morgan fingerprint density at radius 1 is 1.62 bits per heavy atom. The van der Waals surface area contributed by atoms with E-state index in [1.54, 1.807) is 6.07 Å². The Bertz CT molecular complexity index is 168. The molecule has 42 valence electrons. The van der Waals surface area contributed by atoms with Gasteiger partial charge in [0.1, 0.15) is 0 Å². The Hall–Kier alpha value is -1.05. The van der Waals surface area contributed by atoms with Crippen molar-refractivity contribution in [1.29, 1.82) is 0 Å². The summed E-state index contributed by atoms with van der Waals surface area (Å²) in [5.74, 6) is 0. The predicted octanol–water partition coefficient (Wildman–Crippen LogP) is 0.628. The minimum atomic E-state index is 0.787. The zero-order valence-corrected chi connectivity index (χ0v) is 4.66. The molecule has 0 unspecified atom stereocenters. The van der Waals surface area contributed by atoms with E-state index in [0.29, 0.717) is 0 Å². The van der Waals surface area contributed by atoms with Gasteiger partial charge in [-0.05, 0) is 13.0 Å². The highest BCUT2D eigenvalue weighted by Crippen LogP contribution is 1.86. The van der Waals surface area contributed by atoms with Crippen molar-refractivity contribution in [3.63, 3.8) is 0 Å². The normalized spacial score (nSPS) is 9.12. The van der Waals surface area contributed by atoms with E-state index in [1.165, 1.54) is 12.4 Å². The minimum Gasteiger partial charge on any atom is -0.619 e. The van der Waals surface area contributed by atoms with E-state index in [0.717, 1.165) is 10.3 Å². The Morgan fingerprint density at radius 3 is 2.75 bits per heavy atom. The second kappa shape index (κ2) is 1.82. The van der Waals surface area contributed by atoms with Crippen LogP contribution in [0.1, 0.15) is 5.56 Å². The van der Waals surface area contributed by atoms with Gasteiger partial charge < -0.3 is 5.21 Å². The molecule has 0 aromatic carbocycles. The van der Waals surface area contributed by atoms with Gasteiger partial charge in [0.25, 0.3) is 0 Å². The predicted molar refractivity (Wildman–Crippen MR) is 30.1 cm³/mol. The van der Waals surface area contributed by atoms with Gasteiger partial charge in [0.05, 0.1) is 0 Å². The third-order valence-electron chi connectivity index (χ3n) is 0.923. The summed E-state index contributed by atoms with van der Waals surface area (Å²) < 4.78 is 0.787. The van der Waals surface area contributed by atoms with Crippen molar-refractivity contribution in [3.05, 3.63) is 35.3 Å². The van der Waals surface area contributed by atoms with Crippen molar-refractivity contribution in [2.24, 2.45) is 0 Å². The molecule has 0 amide bonds. The quantitative estimate of drug-likeness (QED) is 0.354. The molecule has 0 fully saturated rings. The molecular weight excluding hydrogens is 102 g/mol. The van der Waals surface area contributed by atoms with E-state index >= 15 is 0 Å². The molecule has 0 aliphatic rings. The number of rotatable bonds is 0. The topological polar surface area (TPSA) is 26.9 Å². The fourth-order valence-corrected chi connectivity index (χ4v) is 0.566. The fraction of sp³-hybridized carbons (Fsp3) is 0.167. The Morgan fingerprint density at radius 2 is 2.38 bits per heavy atom. The zero-order chi connectivity index (χ0) is 5.98. The maximum Gasteiger partial charge on any atom is 0.183 e. The molecule has 0 saturated heterocycles. The summed E-state index contributed by atoms with van der Waals surface area (Å²) in [5.41, 5.74) is 0.988. The van der Waals surface area contributed by atoms with Crippen LogP contribution in [0.25, 0.3) is 0 Å². The Labute approximate surface area is 48.0 Å². The van der Waals surface area contributed by atoms with Crippen LogP contribution < -0.4 is 4.73 Å². The molecule has 1 aromatic heterocycles. The fourth-order valence-electron chi connectivity index (χ4n) is 0.566. The molecular formula is C6H7NO. The van der Waals surface area contributed by atoms with E-state index in [2.05, 4.69) is 0 Å². The van der Waals surface area contributed by atoms with Crippen molar-refractivity contribution < 1.29 is 4.73 Å². The molecule has 0 aliphatic carbocycles. The summed E-state index contributed by atoms with van der Waals surface area (Å²) in [6.07, 6.45) is 2.99. The number of aromatic nitrogens is 1. The lowest BCUT2D eigenvalue weighted by Gasteiger charge is -1.92. The van der Waals surface area contributed by atoms with Gasteiger partial charge >= 0.3 is 0 Å². The molecule has 2 nitrogen and oxygen atoms in total. The molecule has 1 rings (SSSR count). The molecule has 0 atom stereocenters. The molecule has 8 heavy (non-hydrogen) atoms. The van der Waals surface area contributed by atoms with Crippen LogP contribution in [-0.2, 0) is 0 Å². The summed E-state index contributed by atoms with van der Waals surface area (Å²) in [6.45, 7) is 1.88. The van der Waals surface area contributed by atoms with Crippen LogP contribution in [0.3, 0.4) is 0 Å². The van der Waals surface area contributed by atoms with E-state index in [-0.39, 0.29) is 0 Å². The third-order valence-corrected chi connectivity index (χ3v) is 0.923. The summed E-state index contributed by atoms with van der Waals surface area (Å²) >= 11 is 0. The highest BCUT2D eigenvalue weighted by atomic mass is 16.5. The van der Waals surface area contributed by atoms with Gasteiger partial charge in [-0.2, -0.15) is 4.73 Å². The molecule has 0 N–H and O–H groups in total. The van der Waals surface area contributed by atoms with Gasteiger partial charge in [-0.25, -0.2) is 0 Å².